The zero-order valence-electron chi connectivity index (χ0n) is 18.2. The van der Waals surface area contributed by atoms with Gasteiger partial charge in [-0.25, -0.2) is 0 Å². The topological polar surface area (TPSA) is 37.7 Å². The van der Waals surface area contributed by atoms with Gasteiger partial charge in [-0.15, -0.1) is 0 Å². The highest BCUT2D eigenvalue weighted by atomic mass is 15.6. The molecule has 2 heterocycles. The Morgan fingerprint density at radius 3 is 1.41 bits per heavy atom. The van der Waals surface area contributed by atoms with Gasteiger partial charge in [0.25, 0.3) is 0 Å². The predicted molar refractivity (Wildman–Crippen MR) is 115 cm³/mol. The monoisotopic (exact) mass is 370 g/mol. The van der Waals surface area contributed by atoms with E-state index in [0.717, 1.165) is 11.7 Å². The number of amidine groups is 2. The summed E-state index contributed by atoms with van der Waals surface area (Å²) in [5.41, 5.74) is 3.69. The van der Waals surface area contributed by atoms with Crippen LogP contribution >= 0.6 is 0 Å². The molecule has 1 aromatic rings. The largest absolute Gasteiger partial charge is 0.306 e. The Morgan fingerprint density at radius 1 is 0.741 bits per heavy atom. The summed E-state index contributed by atoms with van der Waals surface area (Å²) in [6.07, 6.45) is 0.411. The first-order valence-corrected chi connectivity index (χ1v) is 10.00. The van der Waals surface area contributed by atoms with Crippen molar-refractivity contribution in [3.05, 3.63) is 23.8 Å². The molecule has 0 aliphatic carbocycles. The van der Waals surface area contributed by atoms with Crippen LogP contribution in [0.3, 0.4) is 0 Å². The van der Waals surface area contributed by atoms with Crippen molar-refractivity contribution in [1.29, 1.82) is 0 Å². The lowest BCUT2D eigenvalue weighted by Gasteiger charge is -2.35. The highest BCUT2D eigenvalue weighted by Crippen LogP contribution is 2.36. The molecule has 0 spiro atoms. The molecule has 0 fully saturated rings. The Kier molecular flexibility index (Phi) is 5.10. The van der Waals surface area contributed by atoms with Crippen molar-refractivity contribution in [3.63, 3.8) is 0 Å². The van der Waals surface area contributed by atoms with Gasteiger partial charge >= 0.3 is 0 Å². The van der Waals surface area contributed by atoms with E-state index in [9.17, 15) is 0 Å². The van der Waals surface area contributed by atoms with Crippen molar-refractivity contribution in [2.75, 3.05) is 9.80 Å². The fourth-order valence-corrected chi connectivity index (χ4v) is 4.35. The van der Waals surface area contributed by atoms with Gasteiger partial charge in [0, 0.05) is 23.5 Å². The molecule has 0 saturated carbocycles. The Labute approximate surface area is 164 Å². The van der Waals surface area contributed by atoms with Gasteiger partial charge in [0.1, 0.15) is 24.0 Å². The highest BCUT2D eigenvalue weighted by Gasteiger charge is 2.35. The van der Waals surface area contributed by atoms with Crippen LogP contribution in [0.1, 0.15) is 61.0 Å². The number of rotatable bonds is 4. The maximum Gasteiger partial charge on any atom is 0.128 e. The van der Waals surface area contributed by atoms with E-state index in [0.29, 0.717) is 12.1 Å². The minimum atomic E-state index is 0.205. The lowest BCUT2D eigenvalue weighted by atomic mass is 10.1. The summed E-state index contributed by atoms with van der Waals surface area (Å²) in [6, 6.07) is 7.29. The van der Waals surface area contributed by atoms with Crippen molar-refractivity contribution >= 4 is 23.0 Å². The van der Waals surface area contributed by atoms with E-state index in [2.05, 4.69) is 100 Å². The third-order valence-electron chi connectivity index (χ3n) is 5.58. The molecule has 0 unspecified atom stereocenters. The van der Waals surface area contributed by atoms with Gasteiger partial charge in [-0.3, -0.25) is 10.0 Å². The van der Waals surface area contributed by atoms with Crippen LogP contribution in [0.4, 0.5) is 11.4 Å². The van der Waals surface area contributed by atoms with Gasteiger partial charge in [0.05, 0.1) is 0 Å². The van der Waals surface area contributed by atoms with Crippen LogP contribution in [0.25, 0.3) is 0 Å². The zero-order chi connectivity index (χ0) is 20.0. The highest BCUT2D eigenvalue weighted by molar-refractivity contribution is 6.02. The molecule has 6 heteroatoms. The first kappa shape index (κ1) is 19.5. The summed E-state index contributed by atoms with van der Waals surface area (Å²) in [6.45, 7) is 19.6. The lowest BCUT2D eigenvalue weighted by molar-refractivity contribution is 0.195. The van der Waals surface area contributed by atoms with Crippen molar-refractivity contribution in [2.24, 2.45) is 10.2 Å². The minimum absolute atomic E-state index is 0.205. The SMILES string of the molecule is CC1=NN(C(C)C)[C@H](C)N1c1cccc(N2C(C)=NN(C(C)C)[C@H]2C)c1C. The molecule has 6 nitrogen and oxygen atoms in total. The molecular weight excluding hydrogens is 336 g/mol. The molecule has 3 rings (SSSR count). The predicted octanol–water partition coefficient (Wildman–Crippen LogP) is 4.41. The summed E-state index contributed by atoms with van der Waals surface area (Å²) >= 11 is 0. The van der Waals surface area contributed by atoms with Gasteiger partial charge in [0.15, 0.2) is 0 Å². The third kappa shape index (κ3) is 3.15. The van der Waals surface area contributed by atoms with E-state index in [4.69, 9.17) is 10.2 Å². The molecule has 2 aliphatic rings. The summed E-state index contributed by atoms with van der Waals surface area (Å²) in [5.74, 6) is 2.08. The smallest absolute Gasteiger partial charge is 0.128 e. The van der Waals surface area contributed by atoms with E-state index in [1.54, 1.807) is 0 Å². The molecule has 0 saturated heterocycles. The molecule has 0 N–H and O–H groups in total. The number of hydrogen-bond donors (Lipinski definition) is 0. The van der Waals surface area contributed by atoms with Crippen LogP contribution in [-0.4, -0.2) is 46.1 Å². The summed E-state index contributed by atoms with van der Waals surface area (Å²) < 4.78 is 0. The van der Waals surface area contributed by atoms with Crippen LogP contribution in [0.15, 0.2) is 28.4 Å². The third-order valence-corrected chi connectivity index (χ3v) is 5.58. The second-order valence-electron chi connectivity index (χ2n) is 8.17. The van der Waals surface area contributed by atoms with E-state index >= 15 is 0 Å². The molecule has 2 atom stereocenters. The second-order valence-corrected chi connectivity index (χ2v) is 8.17. The molecule has 148 valence electrons. The molecule has 2 aliphatic heterocycles. The Bertz CT molecular complexity index is 706. The fourth-order valence-electron chi connectivity index (χ4n) is 4.35. The van der Waals surface area contributed by atoms with Gasteiger partial charge in [-0.05, 0) is 80.0 Å². The molecule has 0 aromatic heterocycles. The average Bonchev–Trinajstić information content (AvgIpc) is 3.05. The van der Waals surface area contributed by atoms with Gasteiger partial charge in [-0.2, -0.15) is 10.2 Å². The Hall–Kier alpha value is -2.24. The van der Waals surface area contributed by atoms with Crippen molar-refractivity contribution < 1.29 is 0 Å². The van der Waals surface area contributed by atoms with Crippen LogP contribution in [0.2, 0.25) is 0 Å². The number of anilines is 2. The van der Waals surface area contributed by atoms with Gasteiger partial charge in [-0.1, -0.05) is 6.07 Å². The van der Waals surface area contributed by atoms with Crippen molar-refractivity contribution in [1.82, 2.24) is 10.0 Å². The summed E-state index contributed by atoms with van der Waals surface area (Å²) in [4.78, 5) is 4.68. The molecule has 1 aromatic carbocycles. The number of hydrazone groups is 2. The van der Waals surface area contributed by atoms with E-state index in [1.165, 1.54) is 16.9 Å². The first-order chi connectivity index (χ1) is 12.6. The Morgan fingerprint density at radius 2 is 1.11 bits per heavy atom. The fraction of sp³-hybridized carbons (Fsp3) is 0.619. The lowest BCUT2D eigenvalue weighted by Crippen LogP contribution is -2.43. The van der Waals surface area contributed by atoms with E-state index in [1.807, 2.05) is 0 Å². The normalized spacial score (nSPS) is 23.1. The molecule has 27 heavy (non-hydrogen) atoms. The standard InChI is InChI=1S/C21H34N6/c1-13(2)26-18(8)24(16(6)22-26)20-11-10-12-21(15(20)5)25-17(7)23-27(14(3)4)19(25)9/h10-14,18-19H,1-9H3/t18-,19+. The van der Waals surface area contributed by atoms with Crippen LogP contribution in [0, 0.1) is 6.92 Å². The maximum absolute atomic E-state index is 4.79. The number of benzene rings is 1. The Balaban J connectivity index is 1.99. The molecular formula is C21H34N6. The van der Waals surface area contributed by atoms with Crippen LogP contribution in [-0.2, 0) is 0 Å². The quantitative estimate of drug-likeness (QED) is 0.786. The van der Waals surface area contributed by atoms with Crippen LogP contribution < -0.4 is 9.80 Å². The van der Waals surface area contributed by atoms with Gasteiger partial charge in [0.2, 0.25) is 0 Å². The van der Waals surface area contributed by atoms with E-state index < -0.39 is 0 Å². The van der Waals surface area contributed by atoms with Crippen molar-refractivity contribution in [3.8, 4) is 0 Å². The van der Waals surface area contributed by atoms with Crippen molar-refractivity contribution in [2.45, 2.75) is 86.7 Å². The minimum Gasteiger partial charge on any atom is -0.306 e. The average molecular weight is 371 g/mol. The number of hydrogen-bond acceptors (Lipinski definition) is 6. The molecule has 0 amide bonds. The summed E-state index contributed by atoms with van der Waals surface area (Å²) in [7, 11) is 0. The molecule has 0 bridgehead atoms. The second kappa shape index (κ2) is 7.06. The van der Waals surface area contributed by atoms with E-state index in [-0.39, 0.29) is 12.3 Å². The number of nitrogens with zero attached hydrogens (tertiary/aromatic N) is 6. The first-order valence-electron chi connectivity index (χ1n) is 10.00. The van der Waals surface area contributed by atoms with Gasteiger partial charge < -0.3 is 9.80 Å². The maximum atomic E-state index is 4.79. The summed E-state index contributed by atoms with van der Waals surface area (Å²) in [5, 5.41) is 13.9. The zero-order valence-corrected chi connectivity index (χ0v) is 18.2. The molecule has 0 radical (unpaired) electrons. The van der Waals surface area contributed by atoms with Crippen LogP contribution in [0.5, 0.6) is 0 Å².